The number of hydrogen-bond donors (Lipinski definition) is 1. The van der Waals surface area contributed by atoms with E-state index in [4.69, 9.17) is 11.6 Å². The van der Waals surface area contributed by atoms with Gasteiger partial charge in [0.2, 0.25) is 5.95 Å². The molecular formula is C23H13Br2ClF7N3O. The highest BCUT2D eigenvalue weighted by atomic mass is 79.9. The molecule has 3 rings (SSSR count). The molecule has 0 amide bonds. The SMILES string of the molecule is O=C(CNc1ncccn1)c1ccc(/C(F)=C/C(c2cc(Br)c(Cl)c(Br)c2)C(F)(F)F)cc1C(F)(F)F. The molecule has 1 N–H and O–H groups in total. The summed E-state index contributed by atoms with van der Waals surface area (Å²) in [5.74, 6) is -5.10. The fraction of sp³-hybridized carbons (Fsp3) is 0.174. The lowest BCUT2D eigenvalue weighted by molar-refractivity contribution is -0.140. The van der Waals surface area contributed by atoms with Crippen LogP contribution in [0, 0.1) is 0 Å². The fourth-order valence-electron chi connectivity index (χ4n) is 3.19. The van der Waals surface area contributed by atoms with Crippen molar-refractivity contribution in [3.8, 4) is 0 Å². The average molecular weight is 676 g/mol. The van der Waals surface area contributed by atoms with Gasteiger partial charge in [-0.1, -0.05) is 23.7 Å². The molecule has 0 aliphatic carbocycles. The number of nitrogens with zero attached hydrogens (tertiary/aromatic N) is 2. The molecule has 1 heterocycles. The highest BCUT2D eigenvalue weighted by Gasteiger charge is 2.41. The summed E-state index contributed by atoms with van der Waals surface area (Å²) in [6.07, 6.45) is -7.23. The molecule has 3 aromatic rings. The van der Waals surface area contributed by atoms with Crippen molar-refractivity contribution in [2.45, 2.75) is 18.3 Å². The Bertz CT molecular complexity index is 1310. The van der Waals surface area contributed by atoms with Crippen LogP contribution in [0.1, 0.15) is 33.0 Å². The van der Waals surface area contributed by atoms with Crippen LogP contribution in [0.4, 0.5) is 36.7 Å². The number of ketones is 1. The minimum atomic E-state index is -5.10. The largest absolute Gasteiger partial charge is 0.417 e. The molecule has 14 heteroatoms. The summed E-state index contributed by atoms with van der Waals surface area (Å²) in [4.78, 5) is 20.0. The van der Waals surface area contributed by atoms with Crippen molar-refractivity contribution in [3.05, 3.63) is 91.1 Å². The maximum absolute atomic E-state index is 15.0. The van der Waals surface area contributed by atoms with Crippen LogP contribution < -0.4 is 5.32 Å². The molecule has 37 heavy (non-hydrogen) atoms. The van der Waals surface area contributed by atoms with E-state index in [2.05, 4.69) is 47.1 Å². The summed E-state index contributed by atoms with van der Waals surface area (Å²) < 4.78 is 97.7. The first kappa shape index (κ1) is 29.1. The summed E-state index contributed by atoms with van der Waals surface area (Å²) in [5.41, 5.74) is -3.51. The molecule has 1 atom stereocenters. The molecule has 0 fully saturated rings. The van der Waals surface area contributed by atoms with Crippen molar-refractivity contribution in [2.24, 2.45) is 0 Å². The molecule has 196 valence electrons. The van der Waals surface area contributed by atoms with E-state index in [-0.39, 0.29) is 26.0 Å². The van der Waals surface area contributed by atoms with E-state index in [0.717, 1.165) is 18.2 Å². The van der Waals surface area contributed by atoms with E-state index in [9.17, 15) is 35.5 Å². The number of benzene rings is 2. The Labute approximate surface area is 227 Å². The molecule has 0 radical (unpaired) electrons. The number of alkyl halides is 6. The van der Waals surface area contributed by atoms with E-state index in [0.29, 0.717) is 12.1 Å². The van der Waals surface area contributed by atoms with Crippen LogP contribution in [0.2, 0.25) is 5.02 Å². The number of hydrogen-bond acceptors (Lipinski definition) is 4. The Morgan fingerprint density at radius 2 is 1.62 bits per heavy atom. The number of nitrogens with one attached hydrogen (secondary N) is 1. The maximum atomic E-state index is 15.0. The van der Waals surface area contributed by atoms with Crippen molar-refractivity contribution in [1.29, 1.82) is 0 Å². The van der Waals surface area contributed by atoms with Gasteiger partial charge in [0.05, 0.1) is 17.1 Å². The van der Waals surface area contributed by atoms with Gasteiger partial charge in [-0.05, 0) is 67.8 Å². The molecule has 0 saturated carbocycles. The van der Waals surface area contributed by atoms with Gasteiger partial charge < -0.3 is 5.32 Å². The van der Waals surface area contributed by atoms with Gasteiger partial charge in [-0.3, -0.25) is 4.79 Å². The monoisotopic (exact) mass is 673 g/mol. The summed E-state index contributed by atoms with van der Waals surface area (Å²) in [6, 6.07) is 5.35. The maximum Gasteiger partial charge on any atom is 0.417 e. The van der Waals surface area contributed by atoms with Gasteiger partial charge in [0.25, 0.3) is 0 Å². The Morgan fingerprint density at radius 3 is 2.16 bits per heavy atom. The Balaban J connectivity index is 1.99. The van der Waals surface area contributed by atoms with Crippen LogP contribution >= 0.6 is 43.5 Å². The van der Waals surface area contributed by atoms with Gasteiger partial charge in [0.1, 0.15) is 11.7 Å². The molecule has 4 nitrogen and oxygen atoms in total. The summed E-state index contributed by atoms with van der Waals surface area (Å²) in [6.45, 7) is -0.610. The van der Waals surface area contributed by atoms with E-state index >= 15 is 0 Å². The van der Waals surface area contributed by atoms with Gasteiger partial charge in [0.15, 0.2) is 5.78 Å². The quantitative estimate of drug-likeness (QED) is 0.155. The fourth-order valence-corrected chi connectivity index (χ4v) is 4.52. The first-order valence-electron chi connectivity index (χ1n) is 10.0. The van der Waals surface area contributed by atoms with E-state index in [1.165, 1.54) is 18.5 Å². The van der Waals surface area contributed by atoms with Gasteiger partial charge in [-0.15, -0.1) is 0 Å². The third kappa shape index (κ3) is 7.29. The Morgan fingerprint density at radius 1 is 1.03 bits per heavy atom. The van der Waals surface area contributed by atoms with Crippen LogP contribution in [0.3, 0.4) is 0 Å². The molecule has 0 saturated heterocycles. The lowest BCUT2D eigenvalue weighted by atomic mass is 9.95. The number of aromatic nitrogens is 2. The zero-order chi connectivity index (χ0) is 27.5. The smallest absolute Gasteiger partial charge is 0.347 e. The number of Topliss-reactive ketones (excluding diaryl/α,β-unsaturated/α-hetero) is 1. The highest BCUT2D eigenvalue weighted by Crippen LogP contribution is 2.43. The van der Waals surface area contributed by atoms with Crippen LogP contribution in [-0.4, -0.2) is 28.5 Å². The number of allylic oxidation sites excluding steroid dienone is 1. The van der Waals surface area contributed by atoms with E-state index < -0.39 is 58.7 Å². The van der Waals surface area contributed by atoms with Crippen molar-refractivity contribution in [2.75, 3.05) is 11.9 Å². The number of rotatable bonds is 7. The summed E-state index contributed by atoms with van der Waals surface area (Å²) >= 11 is 11.9. The molecular weight excluding hydrogens is 663 g/mol. The minimum Gasteiger partial charge on any atom is -0.347 e. The number of carbonyl (C=O) groups is 1. The third-order valence-corrected chi connectivity index (χ3v) is 7.02. The van der Waals surface area contributed by atoms with Crippen molar-refractivity contribution >= 4 is 61.0 Å². The number of anilines is 1. The second-order valence-electron chi connectivity index (χ2n) is 7.44. The summed E-state index contributed by atoms with van der Waals surface area (Å²) in [7, 11) is 0. The molecule has 1 aromatic heterocycles. The van der Waals surface area contributed by atoms with Gasteiger partial charge in [-0.25, -0.2) is 14.4 Å². The molecule has 0 bridgehead atoms. The third-order valence-electron chi connectivity index (χ3n) is 4.90. The molecule has 0 spiro atoms. The van der Waals surface area contributed by atoms with Crippen LogP contribution in [0.5, 0.6) is 0 Å². The predicted octanol–water partition coefficient (Wildman–Crippen LogP) is 8.63. The zero-order valence-electron chi connectivity index (χ0n) is 18.1. The Kier molecular flexibility index (Phi) is 9.01. The number of carbonyl (C=O) groups excluding carboxylic acids is 1. The Hall–Kier alpha value is -2.51. The van der Waals surface area contributed by atoms with Crippen molar-refractivity contribution in [1.82, 2.24) is 9.97 Å². The van der Waals surface area contributed by atoms with E-state index in [1.807, 2.05) is 0 Å². The van der Waals surface area contributed by atoms with Gasteiger partial charge in [-0.2, -0.15) is 26.3 Å². The van der Waals surface area contributed by atoms with Crippen LogP contribution in [0.15, 0.2) is 63.8 Å². The molecule has 0 aliphatic heterocycles. The minimum absolute atomic E-state index is 0.00586. The zero-order valence-corrected chi connectivity index (χ0v) is 22.0. The topological polar surface area (TPSA) is 54.9 Å². The lowest BCUT2D eigenvalue weighted by Gasteiger charge is -2.19. The second kappa shape index (κ2) is 11.5. The molecule has 2 aromatic carbocycles. The van der Waals surface area contributed by atoms with E-state index in [1.54, 1.807) is 0 Å². The van der Waals surface area contributed by atoms with Crippen molar-refractivity contribution < 1.29 is 35.5 Å². The first-order valence-corrected chi connectivity index (χ1v) is 12.0. The first-order chi connectivity index (χ1) is 17.2. The molecule has 0 aliphatic rings. The van der Waals surface area contributed by atoms with Crippen LogP contribution in [-0.2, 0) is 6.18 Å². The summed E-state index contributed by atoms with van der Waals surface area (Å²) in [5, 5.41) is 2.55. The second-order valence-corrected chi connectivity index (χ2v) is 9.53. The lowest BCUT2D eigenvalue weighted by Crippen LogP contribution is -2.20. The van der Waals surface area contributed by atoms with Gasteiger partial charge >= 0.3 is 12.4 Å². The normalized spacial score (nSPS) is 13.4. The van der Waals surface area contributed by atoms with Gasteiger partial charge in [0, 0.05) is 32.5 Å². The standard InChI is InChI=1S/C23H13Br2ClF7N3O/c24-16-7-12(8-17(25)20(16)26)14(22(28,29)30)9-18(27)11-2-3-13(15(6-11)23(31,32)33)19(37)10-36-21-34-4-1-5-35-21/h1-9,14H,10H2,(H,34,35,36)/b18-9-. The van der Waals surface area contributed by atoms with Crippen LogP contribution in [0.25, 0.3) is 5.83 Å². The predicted molar refractivity (Wildman–Crippen MR) is 131 cm³/mol. The molecule has 1 unspecified atom stereocenters. The average Bonchev–Trinajstić information content (AvgIpc) is 2.83. The van der Waals surface area contributed by atoms with Crippen molar-refractivity contribution in [3.63, 3.8) is 0 Å². The number of halogens is 10. The highest BCUT2D eigenvalue weighted by molar-refractivity contribution is 9.11.